The monoisotopic (exact) mass is 644 g/mol. The van der Waals surface area contributed by atoms with E-state index in [2.05, 4.69) is 4.98 Å². The second-order valence-corrected chi connectivity index (χ2v) is 11.5. The van der Waals surface area contributed by atoms with Gasteiger partial charge in [-0.3, -0.25) is 23.5 Å². The molecule has 0 saturated carbocycles. The van der Waals surface area contributed by atoms with E-state index >= 15 is 0 Å². The van der Waals surface area contributed by atoms with Crippen LogP contribution in [0.4, 0.5) is 0 Å². The molecule has 6 heterocycles. The highest BCUT2D eigenvalue weighted by Crippen LogP contribution is 2.42. The summed E-state index contributed by atoms with van der Waals surface area (Å²) in [4.78, 5) is 42.9. The average molecular weight is 645 g/mol. The van der Waals surface area contributed by atoms with Gasteiger partial charge in [0.1, 0.15) is 17.1 Å². The first-order valence-electron chi connectivity index (χ1n) is 16.4. The van der Waals surface area contributed by atoms with Gasteiger partial charge in [0.05, 0.1) is 40.2 Å². The van der Waals surface area contributed by atoms with Crippen LogP contribution in [0.15, 0.2) is 90.0 Å². The van der Waals surface area contributed by atoms with E-state index in [1.54, 1.807) is 27.6 Å². The molecule has 8 rings (SSSR count). The first kappa shape index (κ1) is 31.3. The number of pyridine rings is 2. The molecule has 0 amide bonds. The fourth-order valence-corrected chi connectivity index (χ4v) is 6.52. The summed E-state index contributed by atoms with van der Waals surface area (Å²) in [6, 6.07) is 22.7. The zero-order chi connectivity index (χ0) is 33.2. The number of carbonyl (C=O) groups excluding carboxylic acids is 2. The molecule has 0 atom stereocenters. The zero-order valence-electron chi connectivity index (χ0n) is 27.0. The van der Waals surface area contributed by atoms with Crippen LogP contribution in [0.5, 0.6) is 5.75 Å². The normalized spacial score (nSPS) is 12.5. The Morgan fingerprint density at radius 2 is 1.31 bits per heavy atom. The Morgan fingerprint density at radius 1 is 0.667 bits per heavy atom. The van der Waals surface area contributed by atoms with E-state index in [0.29, 0.717) is 67.6 Å². The Morgan fingerprint density at radius 3 is 2.06 bits per heavy atom. The molecule has 0 radical (unpaired) electrons. The lowest BCUT2D eigenvalue weighted by Crippen LogP contribution is -2.20. The summed E-state index contributed by atoms with van der Waals surface area (Å²) in [5.41, 5.74) is 5.28. The minimum absolute atomic E-state index is 0.0764. The Kier molecular flexibility index (Phi) is 8.75. The van der Waals surface area contributed by atoms with Crippen LogP contribution in [-0.4, -0.2) is 63.5 Å². The van der Waals surface area contributed by atoms with Gasteiger partial charge in [0.2, 0.25) is 0 Å². The molecule has 2 aromatic carbocycles. The van der Waals surface area contributed by atoms with Gasteiger partial charge in [-0.15, -0.1) is 0 Å². The first-order chi connectivity index (χ1) is 23.5. The highest BCUT2D eigenvalue weighted by Gasteiger charge is 2.33. The molecule has 0 spiro atoms. The maximum Gasteiger partial charge on any atom is 0.281 e. The van der Waals surface area contributed by atoms with Crippen molar-refractivity contribution in [1.82, 2.24) is 18.7 Å². The van der Waals surface area contributed by atoms with Crippen molar-refractivity contribution in [3.63, 3.8) is 0 Å². The third kappa shape index (κ3) is 5.32. The van der Waals surface area contributed by atoms with Gasteiger partial charge in [-0.25, -0.2) is 4.98 Å². The summed E-state index contributed by atoms with van der Waals surface area (Å²) >= 11 is 0. The molecule has 0 aliphatic carbocycles. The van der Waals surface area contributed by atoms with E-state index in [1.807, 2.05) is 85.1 Å². The topological polar surface area (TPSA) is 107 Å². The highest BCUT2D eigenvalue weighted by atomic mass is 16.5. The minimum atomic E-state index is -0.135. The summed E-state index contributed by atoms with van der Waals surface area (Å²) in [7, 11) is 0. The van der Waals surface area contributed by atoms with Crippen LogP contribution < -0.4 is 10.2 Å². The van der Waals surface area contributed by atoms with E-state index in [4.69, 9.17) is 14.2 Å². The van der Waals surface area contributed by atoms with Crippen molar-refractivity contribution in [2.45, 2.75) is 33.2 Å². The second kappa shape index (κ2) is 13.4. The summed E-state index contributed by atoms with van der Waals surface area (Å²) in [5, 5.41) is 1.57. The van der Waals surface area contributed by atoms with Crippen molar-refractivity contribution in [3.8, 4) is 28.3 Å². The maximum absolute atomic E-state index is 13.0. The highest BCUT2D eigenvalue weighted by molar-refractivity contribution is 6.12. The van der Waals surface area contributed by atoms with Gasteiger partial charge < -0.3 is 18.8 Å². The molecule has 2 aliphatic rings. The zero-order valence-corrected chi connectivity index (χ0v) is 27.0. The summed E-state index contributed by atoms with van der Waals surface area (Å²) < 4.78 is 22.0. The number of nitrogens with zero attached hydrogens (tertiary/aromatic N) is 4. The van der Waals surface area contributed by atoms with Crippen molar-refractivity contribution >= 4 is 33.6 Å². The van der Waals surface area contributed by atoms with E-state index in [1.165, 1.54) is 0 Å². The fourth-order valence-electron chi connectivity index (χ4n) is 6.52. The molecular formula is C38H36N4O6. The molecule has 4 aromatic heterocycles. The molecule has 6 aromatic rings. The van der Waals surface area contributed by atoms with Crippen LogP contribution in [0.3, 0.4) is 0 Å². The van der Waals surface area contributed by atoms with Crippen molar-refractivity contribution in [2.75, 3.05) is 33.0 Å². The number of rotatable bonds is 11. The van der Waals surface area contributed by atoms with Gasteiger partial charge in [0.25, 0.3) is 11.8 Å². The van der Waals surface area contributed by atoms with Crippen LogP contribution in [0.25, 0.3) is 44.3 Å². The number of aryl methyl sites for hydroxylation is 1. The third-order valence-corrected chi connectivity index (χ3v) is 8.63. The maximum atomic E-state index is 13.0. The molecule has 0 N–H and O–H groups in total. The number of aromatic nitrogens is 4. The standard InChI is InChI=1S/2C19H18N2O3/c1-2-23-11-6-12-24-18-13-7-3-4-8-14(13)20-17-16(18)15-9-5-10-21(15)19(17)22;1-2-24-12-6-11-20-14-8-4-3-7-13(14)18(22)16-15-9-5-10-21(15)19(23)17(16)20/h2*3-5,7-10H,2,6,11-12H2,1H3. The Hall–Kier alpha value is -5.32. The molecule has 0 fully saturated rings. The van der Waals surface area contributed by atoms with Crippen LogP contribution in [0.1, 0.15) is 47.7 Å². The smallest absolute Gasteiger partial charge is 0.281 e. The van der Waals surface area contributed by atoms with Gasteiger partial charge >= 0.3 is 0 Å². The molecule has 0 unspecified atom stereocenters. The predicted octanol–water partition coefficient (Wildman–Crippen LogP) is 6.41. The average Bonchev–Trinajstić information content (AvgIpc) is 3.89. The van der Waals surface area contributed by atoms with E-state index < -0.39 is 0 Å². The number of hydrogen-bond donors (Lipinski definition) is 0. The van der Waals surface area contributed by atoms with Crippen molar-refractivity contribution < 1.29 is 23.8 Å². The Balaban J connectivity index is 0.000000152. The van der Waals surface area contributed by atoms with Gasteiger partial charge in [0, 0.05) is 62.6 Å². The summed E-state index contributed by atoms with van der Waals surface area (Å²) in [6.45, 7) is 7.79. The molecule has 48 heavy (non-hydrogen) atoms. The lowest BCUT2D eigenvalue weighted by atomic mass is 10.1. The molecular weight excluding hydrogens is 608 g/mol. The number of hydrogen-bond acceptors (Lipinski definition) is 7. The van der Waals surface area contributed by atoms with E-state index in [9.17, 15) is 14.4 Å². The molecule has 10 nitrogen and oxygen atoms in total. The molecule has 0 saturated heterocycles. The van der Waals surface area contributed by atoms with Crippen LogP contribution in [-0.2, 0) is 16.0 Å². The lowest BCUT2D eigenvalue weighted by molar-refractivity contribution is 0.0953. The fraction of sp³-hybridized carbons (Fsp3) is 0.263. The van der Waals surface area contributed by atoms with Gasteiger partial charge in [-0.1, -0.05) is 24.3 Å². The molecule has 0 bridgehead atoms. The number of fused-ring (bicyclic) bond motifs is 8. The number of para-hydroxylation sites is 2. The molecule has 244 valence electrons. The van der Waals surface area contributed by atoms with Crippen LogP contribution in [0, 0.1) is 0 Å². The number of benzene rings is 2. The molecule has 10 heteroatoms. The van der Waals surface area contributed by atoms with Crippen molar-refractivity contribution in [3.05, 3.63) is 107 Å². The van der Waals surface area contributed by atoms with Crippen LogP contribution in [0.2, 0.25) is 0 Å². The Labute approximate surface area is 277 Å². The van der Waals surface area contributed by atoms with Gasteiger partial charge in [-0.05, 0) is 68.8 Å². The van der Waals surface area contributed by atoms with E-state index in [0.717, 1.165) is 46.3 Å². The predicted molar refractivity (Wildman–Crippen MR) is 184 cm³/mol. The number of carbonyl (C=O) groups is 2. The summed E-state index contributed by atoms with van der Waals surface area (Å²) in [6.07, 6.45) is 5.07. The lowest BCUT2D eigenvalue weighted by Gasteiger charge is -2.15. The molecule has 2 aliphatic heterocycles. The van der Waals surface area contributed by atoms with Gasteiger partial charge in [-0.2, -0.15) is 0 Å². The minimum Gasteiger partial charge on any atom is -0.492 e. The van der Waals surface area contributed by atoms with Crippen LogP contribution >= 0.6 is 0 Å². The second-order valence-electron chi connectivity index (χ2n) is 11.5. The van der Waals surface area contributed by atoms with E-state index in [-0.39, 0.29) is 17.2 Å². The van der Waals surface area contributed by atoms with Crippen molar-refractivity contribution in [2.24, 2.45) is 0 Å². The SMILES string of the molecule is CCOCCCOc1c2c(nc3ccccc13)C(=O)n1cccc1-2.CCOCCCn1c2c(c(=O)c3ccccc31)-c1cccn1C2=O. The quantitative estimate of drug-likeness (QED) is 0.150. The summed E-state index contributed by atoms with van der Waals surface area (Å²) in [5.74, 6) is 0.497. The number of ether oxygens (including phenoxy) is 3. The largest absolute Gasteiger partial charge is 0.492 e. The van der Waals surface area contributed by atoms with Crippen molar-refractivity contribution in [1.29, 1.82) is 0 Å². The first-order valence-corrected chi connectivity index (χ1v) is 16.4. The Bertz CT molecular complexity index is 2230. The van der Waals surface area contributed by atoms with Gasteiger partial charge in [0.15, 0.2) is 5.43 Å². The third-order valence-electron chi connectivity index (χ3n) is 8.63.